The number of hydrogen-bond acceptors (Lipinski definition) is 3. The Hall–Kier alpha value is -1.06. The summed E-state index contributed by atoms with van der Waals surface area (Å²) in [5.41, 5.74) is 0. The molecule has 140 valence electrons. The number of carbonyl (C=O) groups is 2. The Bertz CT molecular complexity index is 360. The Morgan fingerprint density at radius 1 is 1.00 bits per heavy atom. The fourth-order valence-corrected chi connectivity index (χ4v) is 3.19. The van der Waals surface area contributed by atoms with Crippen molar-refractivity contribution in [3.63, 3.8) is 0 Å². The molecule has 0 saturated carbocycles. The number of ether oxygens (including phenoxy) is 1. The van der Waals surface area contributed by atoms with Gasteiger partial charge in [-0.2, -0.15) is 0 Å². The Labute approximate surface area is 148 Å². The number of hydrogen-bond donors (Lipinski definition) is 0. The molecule has 0 bridgehead atoms. The Morgan fingerprint density at radius 3 is 2.17 bits per heavy atom. The van der Waals surface area contributed by atoms with E-state index in [9.17, 15) is 9.59 Å². The maximum atomic E-state index is 12.1. The normalized spacial score (nSPS) is 15.8. The van der Waals surface area contributed by atoms with Gasteiger partial charge in [0.05, 0.1) is 12.5 Å². The monoisotopic (exact) mass is 339 g/mol. The van der Waals surface area contributed by atoms with Crippen molar-refractivity contribution in [3.05, 3.63) is 0 Å². The first-order chi connectivity index (χ1) is 11.5. The summed E-state index contributed by atoms with van der Waals surface area (Å²) in [5.74, 6) is 0.539. The first-order valence-electron chi connectivity index (χ1n) is 9.99. The summed E-state index contributed by atoms with van der Waals surface area (Å²) in [7, 11) is 0. The summed E-state index contributed by atoms with van der Waals surface area (Å²) in [6.07, 6.45) is 10.7. The van der Waals surface area contributed by atoms with E-state index in [0.717, 1.165) is 25.7 Å². The summed E-state index contributed by atoms with van der Waals surface area (Å²) < 4.78 is 5.43. The molecule has 1 aliphatic rings. The fraction of sp³-hybridized carbons (Fsp3) is 0.900. The van der Waals surface area contributed by atoms with Crippen molar-refractivity contribution in [1.82, 2.24) is 4.90 Å². The highest BCUT2D eigenvalue weighted by molar-refractivity contribution is 5.77. The van der Waals surface area contributed by atoms with Crippen LogP contribution in [0.5, 0.6) is 0 Å². The van der Waals surface area contributed by atoms with E-state index >= 15 is 0 Å². The van der Waals surface area contributed by atoms with Gasteiger partial charge in [0.2, 0.25) is 5.91 Å². The second-order valence-electron chi connectivity index (χ2n) is 7.54. The van der Waals surface area contributed by atoms with E-state index in [4.69, 9.17) is 4.74 Å². The topological polar surface area (TPSA) is 46.6 Å². The minimum atomic E-state index is -0.0584. The van der Waals surface area contributed by atoms with Crippen molar-refractivity contribution in [2.45, 2.75) is 85.0 Å². The third-order valence-corrected chi connectivity index (χ3v) is 4.76. The van der Waals surface area contributed by atoms with Crippen LogP contribution in [-0.2, 0) is 14.3 Å². The van der Waals surface area contributed by atoms with Crippen LogP contribution in [0.4, 0.5) is 0 Å². The van der Waals surface area contributed by atoms with E-state index in [1.807, 2.05) is 4.90 Å². The average Bonchev–Trinajstić information content (AvgIpc) is 2.56. The lowest BCUT2D eigenvalue weighted by Crippen LogP contribution is -2.41. The zero-order chi connectivity index (χ0) is 17.8. The second kappa shape index (κ2) is 12.3. The predicted octanol–water partition coefficient (Wildman–Crippen LogP) is 4.56. The molecule has 1 fully saturated rings. The SMILES string of the molecule is CCCCCCCCCOC(=O)C1CCN(C(=O)CC(C)C)CC1. The molecule has 0 spiro atoms. The van der Waals surface area contributed by atoms with Gasteiger partial charge in [0, 0.05) is 19.5 Å². The van der Waals surface area contributed by atoms with Gasteiger partial charge in [-0.15, -0.1) is 0 Å². The van der Waals surface area contributed by atoms with Crippen molar-refractivity contribution in [2.24, 2.45) is 11.8 Å². The highest BCUT2D eigenvalue weighted by atomic mass is 16.5. The molecule has 0 aliphatic carbocycles. The van der Waals surface area contributed by atoms with Gasteiger partial charge >= 0.3 is 5.97 Å². The molecule has 0 aromatic carbocycles. The van der Waals surface area contributed by atoms with Crippen LogP contribution in [-0.4, -0.2) is 36.5 Å². The number of piperidine rings is 1. The van der Waals surface area contributed by atoms with Gasteiger partial charge in [-0.3, -0.25) is 9.59 Å². The van der Waals surface area contributed by atoms with E-state index in [1.54, 1.807) is 0 Å². The van der Waals surface area contributed by atoms with Crippen molar-refractivity contribution < 1.29 is 14.3 Å². The summed E-state index contributed by atoms with van der Waals surface area (Å²) in [4.78, 5) is 26.0. The molecule has 4 nitrogen and oxygen atoms in total. The van der Waals surface area contributed by atoms with Gasteiger partial charge in [-0.05, 0) is 25.2 Å². The van der Waals surface area contributed by atoms with Gasteiger partial charge in [0.25, 0.3) is 0 Å². The minimum absolute atomic E-state index is 0.0161. The summed E-state index contributed by atoms with van der Waals surface area (Å²) >= 11 is 0. The number of unbranched alkanes of at least 4 members (excludes halogenated alkanes) is 6. The van der Waals surface area contributed by atoms with E-state index in [1.165, 1.54) is 32.1 Å². The first-order valence-corrected chi connectivity index (χ1v) is 9.99. The van der Waals surface area contributed by atoms with E-state index in [-0.39, 0.29) is 17.8 Å². The molecule has 1 aliphatic heterocycles. The molecule has 1 amide bonds. The highest BCUT2D eigenvalue weighted by Gasteiger charge is 2.28. The fourth-order valence-electron chi connectivity index (χ4n) is 3.19. The number of rotatable bonds is 11. The molecule has 0 aromatic heterocycles. The number of carbonyl (C=O) groups excluding carboxylic acids is 2. The largest absolute Gasteiger partial charge is 0.465 e. The molecular formula is C20H37NO3. The van der Waals surface area contributed by atoms with Crippen LogP contribution >= 0.6 is 0 Å². The molecule has 1 saturated heterocycles. The molecule has 1 rings (SSSR count). The zero-order valence-corrected chi connectivity index (χ0v) is 16.0. The van der Waals surface area contributed by atoms with E-state index in [0.29, 0.717) is 32.0 Å². The smallest absolute Gasteiger partial charge is 0.309 e. The average molecular weight is 340 g/mol. The summed E-state index contributed by atoms with van der Waals surface area (Å²) in [6, 6.07) is 0. The maximum Gasteiger partial charge on any atom is 0.309 e. The lowest BCUT2D eigenvalue weighted by atomic mass is 9.96. The van der Waals surface area contributed by atoms with Crippen LogP contribution in [0.15, 0.2) is 0 Å². The summed E-state index contributed by atoms with van der Waals surface area (Å²) in [6.45, 7) is 8.30. The number of likely N-dealkylation sites (tertiary alicyclic amines) is 1. The third kappa shape index (κ3) is 8.70. The highest BCUT2D eigenvalue weighted by Crippen LogP contribution is 2.20. The number of amides is 1. The van der Waals surface area contributed by atoms with Crippen molar-refractivity contribution in [1.29, 1.82) is 0 Å². The minimum Gasteiger partial charge on any atom is -0.465 e. The van der Waals surface area contributed by atoms with Gasteiger partial charge in [0.15, 0.2) is 0 Å². The molecule has 0 radical (unpaired) electrons. The zero-order valence-electron chi connectivity index (χ0n) is 16.0. The van der Waals surface area contributed by atoms with Crippen LogP contribution in [0, 0.1) is 11.8 Å². The standard InChI is InChI=1S/C20H37NO3/c1-4-5-6-7-8-9-10-15-24-20(23)18-11-13-21(14-12-18)19(22)16-17(2)3/h17-18H,4-16H2,1-3H3. The van der Waals surface area contributed by atoms with Crippen molar-refractivity contribution >= 4 is 11.9 Å². The predicted molar refractivity (Wildman–Crippen MR) is 97.7 cm³/mol. The molecule has 0 unspecified atom stereocenters. The molecule has 0 atom stereocenters. The quantitative estimate of drug-likeness (QED) is 0.409. The first kappa shape index (κ1) is 21.0. The third-order valence-electron chi connectivity index (χ3n) is 4.76. The van der Waals surface area contributed by atoms with Crippen LogP contribution in [0.2, 0.25) is 0 Å². The molecule has 0 aromatic rings. The molecule has 4 heteroatoms. The lowest BCUT2D eigenvalue weighted by Gasteiger charge is -2.31. The van der Waals surface area contributed by atoms with Crippen molar-refractivity contribution in [3.8, 4) is 0 Å². The van der Waals surface area contributed by atoms with Gasteiger partial charge < -0.3 is 9.64 Å². The lowest BCUT2D eigenvalue weighted by molar-refractivity contribution is -0.152. The molecule has 0 N–H and O–H groups in total. The number of nitrogens with zero attached hydrogens (tertiary/aromatic N) is 1. The van der Waals surface area contributed by atoms with Crippen LogP contribution in [0.3, 0.4) is 0 Å². The van der Waals surface area contributed by atoms with Gasteiger partial charge in [0.1, 0.15) is 0 Å². The maximum absolute atomic E-state index is 12.1. The Kier molecular flexibility index (Phi) is 10.8. The molecule has 1 heterocycles. The van der Waals surface area contributed by atoms with Gasteiger partial charge in [-0.1, -0.05) is 59.3 Å². The van der Waals surface area contributed by atoms with Gasteiger partial charge in [-0.25, -0.2) is 0 Å². The molecular weight excluding hydrogens is 302 g/mol. The Balaban J connectivity index is 2.08. The van der Waals surface area contributed by atoms with Crippen LogP contribution < -0.4 is 0 Å². The number of esters is 1. The molecule has 24 heavy (non-hydrogen) atoms. The Morgan fingerprint density at radius 2 is 1.58 bits per heavy atom. The van der Waals surface area contributed by atoms with Crippen molar-refractivity contribution in [2.75, 3.05) is 19.7 Å². The second-order valence-corrected chi connectivity index (χ2v) is 7.54. The summed E-state index contributed by atoms with van der Waals surface area (Å²) in [5, 5.41) is 0. The van der Waals surface area contributed by atoms with Crippen LogP contribution in [0.1, 0.15) is 85.0 Å². The van der Waals surface area contributed by atoms with E-state index < -0.39 is 0 Å². The van der Waals surface area contributed by atoms with E-state index in [2.05, 4.69) is 20.8 Å². The van der Waals surface area contributed by atoms with Crippen LogP contribution in [0.25, 0.3) is 0 Å².